The Morgan fingerprint density at radius 3 is 2.50 bits per heavy atom. The molecule has 2 aromatic heterocycles. The zero-order chi connectivity index (χ0) is 11.7. The maximum Gasteiger partial charge on any atom is 0.125 e. The van der Waals surface area contributed by atoms with Crippen LogP contribution in [0.4, 0.5) is 11.5 Å². The minimum Gasteiger partial charge on any atom is -0.398 e. The van der Waals surface area contributed by atoms with E-state index < -0.39 is 0 Å². The number of rotatable bonds is 1. The molecule has 0 unspecified atom stereocenters. The topological polar surface area (TPSA) is 77.8 Å². The Morgan fingerprint density at radius 1 is 1.12 bits per heavy atom. The lowest BCUT2D eigenvalue weighted by Crippen LogP contribution is -1.99. The highest BCUT2D eigenvalue weighted by molar-refractivity contribution is 5.80. The molecule has 0 fully saturated rings. The van der Waals surface area contributed by atoms with Gasteiger partial charge in [0.1, 0.15) is 5.82 Å². The van der Waals surface area contributed by atoms with Gasteiger partial charge in [-0.25, -0.2) is 4.98 Å². The van der Waals surface area contributed by atoms with Crippen LogP contribution in [0.1, 0.15) is 11.3 Å². The Hall–Kier alpha value is -2.10. The van der Waals surface area contributed by atoms with Crippen molar-refractivity contribution in [2.45, 2.75) is 13.8 Å². The van der Waals surface area contributed by atoms with Crippen molar-refractivity contribution in [1.29, 1.82) is 0 Å². The predicted octanol–water partition coefficient (Wildman–Crippen LogP) is 1.92. The highest BCUT2D eigenvalue weighted by atomic mass is 14.8. The molecule has 0 saturated carbocycles. The monoisotopic (exact) mass is 214 g/mol. The standard InChI is InChI=1S/C12H14N4/c1-7-3-4-15-8(2)12(7)9-6-16-11(14)5-10(9)13/h3-6H,1-2H3,(H4,13,14,16). The first-order chi connectivity index (χ1) is 7.59. The Bertz CT molecular complexity index is 514. The van der Waals surface area contributed by atoms with Gasteiger partial charge in [0.2, 0.25) is 0 Å². The Labute approximate surface area is 94.3 Å². The quantitative estimate of drug-likeness (QED) is 0.760. The van der Waals surface area contributed by atoms with Gasteiger partial charge in [-0.3, -0.25) is 4.98 Å². The van der Waals surface area contributed by atoms with Crippen LogP contribution < -0.4 is 11.5 Å². The van der Waals surface area contributed by atoms with Gasteiger partial charge in [0.05, 0.1) is 0 Å². The van der Waals surface area contributed by atoms with Crippen LogP contribution >= 0.6 is 0 Å². The number of hydrogen-bond acceptors (Lipinski definition) is 4. The molecule has 0 radical (unpaired) electrons. The minimum absolute atomic E-state index is 0.431. The fraction of sp³-hybridized carbons (Fsp3) is 0.167. The first kappa shape index (κ1) is 10.4. The molecule has 82 valence electrons. The largest absolute Gasteiger partial charge is 0.398 e. The summed E-state index contributed by atoms with van der Waals surface area (Å²) in [4.78, 5) is 8.33. The average Bonchev–Trinajstić information content (AvgIpc) is 2.20. The molecule has 16 heavy (non-hydrogen) atoms. The number of nitrogen functional groups attached to an aromatic ring is 2. The third-order valence-corrected chi connectivity index (χ3v) is 2.58. The fourth-order valence-electron chi connectivity index (χ4n) is 1.80. The van der Waals surface area contributed by atoms with Gasteiger partial charge in [0.15, 0.2) is 0 Å². The van der Waals surface area contributed by atoms with Gasteiger partial charge in [-0.05, 0) is 25.5 Å². The lowest BCUT2D eigenvalue weighted by molar-refractivity contribution is 1.18. The third-order valence-electron chi connectivity index (χ3n) is 2.58. The smallest absolute Gasteiger partial charge is 0.125 e. The molecule has 4 N–H and O–H groups in total. The van der Waals surface area contributed by atoms with Crippen molar-refractivity contribution in [2.75, 3.05) is 11.5 Å². The van der Waals surface area contributed by atoms with Crippen molar-refractivity contribution in [3.63, 3.8) is 0 Å². The van der Waals surface area contributed by atoms with Gasteiger partial charge >= 0.3 is 0 Å². The second-order valence-electron chi connectivity index (χ2n) is 3.78. The van der Waals surface area contributed by atoms with E-state index in [2.05, 4.69) is 9.97 Å². The average molecular weight is 214 g/mol. The summed E-state index contributed by atoms with van der Waals surface area (Å²) in [6, 6.07) is 3.62. The van der Waals surface area contributed by atoms with E-state index >= 15 is 0 Å². The van der Waals surface area contributed by atoms with E-state index in [1.165, 1.54) is 0 Å². The van der Waals surface area contributed by atoms with Crippen molar-refractivity contribution in [3.8, 4) is 11.1 Å². The molecule has 0 saturated heterocycles. The summed E-state index contributed by atoms with van der Waals surface area (Å²) >= 11 is 0. The molecule has 0 aliphatic carbocycles. The van der Waals surface area contributed by atoms with Gasteiger partial charge in [-0.2, -0.15) is 0 Å². The first-order valence-electron chi connectivity index (χ1n) is 5.03. The van der Waals surface area contributed by atoms with Crippen LogP contribution in [-0.2, 0) is 0 Å². The number of aromatic nitrogens is 2. The Balaban J connectivity index is 2.68. The van der Waals surface area contributed by atoms with Crippen molar-refractivity contribution in [1.82, 2.24) is 9.97 Å². The summed E-state index contributed by atoms with van der Waals surface area (Å²) in [6.45, 7) is 3.98. The van der Waals surface area contributed by atoms with Gasteiger partial charge in [0, 0.05) is 41.0 Å². The van der Waals surface area contributed by atoms with E-state index in [0.717, 1.165) is 22.4 Å². The van der Waals surface area contributed by atoms with Gasteiger partial charge < -0.3 is 11.5 Å². The molecule has 2 heterocycles. The molecular weight excluding hydrogens is 200 g/mol. The molecule has 0 amide bonds. The highest BCUT2D eigenvalue weighted by Gasteiger charge is 2.10. The summed E-state index contributed by atoms with van der Waals surface area (Å²) in [7, 11) is 0. The van der Waals surface area contributed by atoms with E-state index in [1.807, 2.05) is 19.9 Å². The zero-order valence-electron chi connectivity index (χ0n) is 9.36. The molecule has 0 bridgehead atoms. The molecule has 0 aliphatic heterocycles. The van der Waals surface area contributed by atoms with Crippen LogP contribution in [0.2, 0.25) is 0 Å². The maximum atomic E-state index is 5.94. The van der Waals surface area contributed by atoms with E-state index in [0.29, 0.717) is 11.5 Å². The van der Waals surface area contributed by atoms with Gasteiger partial charge in [0.25, 0.3) is 0 Å². The van der Waals surface area contributed by atoms with Gasteiger partial charge in [-0.1, -0.05) is 0 Å². The molecule has 2 rings (SSSR count). The molecular formula is C12H14N4. The van der Waals surface area contributed by atoms with Crippen LogP contribution in [0.25, 0.3) is 11.1 Å². The third kappa shape index (κ3) is 1.69. The van der Waals surface area contributed by atoms with Crippen LogP contribution in [-0.4, -0.2) is 9.97 Å². The SMILES string of the molecule is Cc1ccnc(C)c1-c1cnc(N)cc1N. The van der Waals surface area contributed by atoms with Gasteiger partial charge in [-0.15, -0.1) is 0 Å². The lowest BCUT2D eigenvalue weighted by atomic mass is 10.00. The maximum absolute atomic E-state index is 5.94. The zero-order valence-corrected chi connectivity index (χ0v) is 9.36. The van der Waals surface area contributed by atoms with Crippen molar-refractivity contribution < 1.29 is 0 Å². The van der Waals surface area contributed by atoms with E-state index in [9.17, 15) is 0 Å². The molecule has 2 aromatic rings. The summed E-state index contributed by atoms with van der Waals surface area (Å²) in [5.41, 5.74) is 16.1. The van der Waals surface area contributed by atoms with Crippen molar-refractivity contribution >= 4 is 11.5 Å². The number of pyridine rings is 2. The van der Waals surface area contributed by atoms with Crippen molar-refractivity contribution in [3.05, 3.63) is 35.8 Å². The minimum atomic E-state index is 0.431. The van der Waals surface area contributed by atoms with E-state index in [-0.39, 0.29) is 0 Å². The van der Waals surface area contributed by atoms with Crippen LogP contribution in [0.3, 0.4) is 0 Å². The summed E-state index contributed by atoms with van der Waals surface area (Å²) in [5, 5.41) is 0. The number of anilines is 2. The Morgan fingerprint density at radius 2 is 1.88 bits per heavy atom. The summed E-state index contributed by atoms with van der Waals surface area (Å²) < 4.78 is 0. The molecule has 0 atom stereocenters. The molecule has 0 aromatic carbocycles. The van der Waals surface area contributed by atoms with Crippen LogP contribution in [0, 0.1) is 13.8 Å². The molecule has 0 spiro atoms. The second-order valence-corrected chi connectivity index (χ2v) is 3.78. The fourth-order valence-corrected chi connectivity index (χ4v) is 1.80. The normalized spacial score (nSPS) is 10.4. The highest BCUT2D eigenvalue weighted by Crippen LogP contribution is 2.30. The number of nitrogens with zero attached hydrogens (tertiary/aromatic N) is 2. The summed E-state index contributed by atoms with van der Waals surface area (Å²) in [5.74, 6) is 0.431. The first-order valence-corrected chi connectivity index (χ1v) is 5.03. The molecule has 4 heteroatoms. The van der Waals surface area contributed by atoms with E-state index in [1.54, 1.807) is 18.5 Å². The van der Waals surface area contributed by atoms with Crippen LogP contribution in [0.15, 0.2) is 24.5 Å². The lowest BCUT2D eigenvalue weighted by Gasteiger charge is -2.11. The predicted molar refractivity (Wildman–Crippen MR) is 65.8 cm³/mol. The Kier molecular flexibility index (Phi) is 2.48. The van der Waals surface area contributed by atoms with E-state index in [4.69, 9.17) is 11.5 Å². The molecule has 0 aliphatic rings. The summed E-state index contributed by atoms with van der Waals surface area (Å²) in [6.07, 6.45) is 3.48. The number of nitrogens with two attached hydrogens (primary N) is 2. The number of aryl methyl sites for hydroxylation is 2. The van der Waals surface area contributed by atoms with Crippen LogP contribution in [0.5, 0.6) is 0 Å². The second kappa shape index (κ2) is 3.81. The van der Waals surface area contributed by atoms with Crippen molar-refractivity contribution in [2.24, 2.45) is 0 Å². The number of hydrogen-bond donors (Lipinski definition) is 2. The molecule has 4 nitrogen and oxygen atoms in total.